The maximum atomic E-state index is 12.2. The highest BCUT2D eigenvalue weighted by Crippen LogP contribution is 2.43. The Labute approximate surface area is 171 Å². The fourth-order valence-corrected chi connectivity index (χ4v) is 3.95. The molecule has 0 fully saturated rings. The zero-order chi connectivity index (χ0) is 21.2. The molecule has 0 radical (unpaired) electrons. The Balaban J connectivity index is 1.73. The van der Waals surface area contributed by atoms with Gasteiger partial charge >= 0.3 is 11.6 Å². The first-order valence-corrected chi connectivity index (χ1v) is 10.2. The molecule has 156 valence electrons. The van der Waals surface area contributed by atoms with Crippen molar-refractivity contribution in [3.05, 3.63) is 52.4 Å². The highest BCUT2D eigenvalue weighted by Gasteiger charge is 2.43. The second-order valence-electron chi connectivity index (χ2n) is 8.90. The van der Waals surface area contributed by atoms with E-state index in [0.717, 1.165) is 11.8 Å². The predicted octanol–water partition coefficient (Wildman–Crippen LogP) is 5.12. The van der Waals surface area contributed by atoms with Crippen LogP contribution in [0.5, 0.6) is 5.75 Å². The summed E-state index contributed by atoms with van der Waals surface area (Å²) in [5.41, 5.74) is 1.10. The second kappa shape index (κ2) is 8.44. The number of esters is 1. The van der Waals surface area contributed by atoms with Crippen molar-refractivity contribution in [3.63, 3.8) is 0 Å². The predicted molar refractivity (Wildman–Crippen MR) is 113 cm³/mol. The monoisotopic (exact) mass is 398 g/mol. The zero-order valence-corrected chi connectivity index (χ0v) is 17.9. The summed E-state index contributed by atoms with van der Waals surface area (Å²) in [5, 5.41) is 0.850. The van der Waals surface area contributed by atoms with E-state index in [9.17, 15) is 9.59 Å². The van der Waals surface area contributed by atoms with E-state index in [1.54, 1.807) is 12.1 Å². The molecule has 1 aromatic heterocycles. The molecule has 2 atom stereocenters. The van der Waals surface area contributed by atoms with Crippen molar-refractivity contribution in [1.29, 1.82) is 0 Å². The van der Waals surface area contributed by atoms with Gasteiger partial charge in [0.05, 0.1) is 6.61 Å². The smallest absolute Gasteiger partial charge is 0.336 e. The maximum absolute atomic E-state index is 12.2. The van der Waals surface area contributed by atoms with Gasteiger partial charge in [0.2, 0.25) is 0 Å². The Morgan fingerprint density at radius 3 is 2.69 bits per heavy atom. The fraction of sp³-hybridized carbons (Fsp3) is 0.500. The third-order valence-corrected chi connectivity index (χ3v) is 5.79. The highest BCUT2D eigenvalue weighted by atomic mass is 16.5. The molecule has 0 bridgehead atoms. The molecule has 5 nitrogen and oxygen atoms in total. The number of ether oxygens (including phenoxy) is 2. The Morgan fingerprint density at radius 1 is 1.24 bits per heavy atom. The average molecular weight is 398 g/mol. The van der Waals surface area contributed by atoms with E-state index in [1.165, 1.54) is 11.6 Å². The molecule has 0 saturated heterocycles. The van der Waals surface area contributed by atoms with Crippen molar-refractivity contribution in [1.82, 2.24) is 0 Å². The summed E-state index contributed by atoms with van der Waals surface area (Å²) in [4.78, 5) is 23.7. The van der Waals surface area contributed by atoms with Crippen LogP contribution in [0.2, 0.25) is 0 Å². The number of fused-ring (bicyclic) bond motifs is 1. The number of carbonyl (C=O) groups is 1. The molecule has 0 unspecified atom stereocenters. The summed E-state index contributed by atoms with van der Waals surface area (Å²) in [5.74, 6) is 0.884. The summed E-state index contributed by atoms with van der Waals surface area (Å²) in [7, 11) is 0. The number of carbonyl (C=O) groups excluding carboxylic acids is 1. The molecule has 2 aromatic rings. The molecule has 0 saturated carbocycles. The van der Waals surface area contributed by atoms with Crippen LogP contribution in [0.25, 0.3) is 11.0 Å². The third kappa shape index (κ3) is 4.89. The average Bonchev–Trinajstić information content (AvgIpc) is 2.63. The number of benzene rings is 1. The van der Waals surface area contributed by atoms with E-state index < -0.39 is 0 Å². The molecule has 1 heterocycles. The molecule has 0 N–H and O–H groups in total. The van der Waals surface area contributed by atoms with Gasteiger partial charge in [-0.05, 0) is 31.0 Å². The number of rotatable bonds is 6. The van der Waals surface area contributed by atoms with Crippen molar-refractivity contribution in [2.45, 2.75) is 53.6 Å². The van der Waals surface area contributed by atoms with E-state index in [4.69, 9.17) is 13.9 Å². The first kappa shape index (κ1) is 21.2. The lowest BCUT2D eigenvalue weighted by Gasteiger charge is -2.43. The molecule has 5 heteroatoms. The maximum Gasteiger partial charge on any atom is 0.336 e. The van der Waals surface area contributed by atoms with Crippen LogP contribution in [0, 0.1) is 17.3 Å². The lowest BCUT2D eigenvalue weighted by atomic mass is 9.67. The molecule has 1 aliphatic carbocycles. The van der Waals surface area contributed by atoms with Crippen molar-refractivity contribution in [2.75, 3.05) is 6.61 Å². The first-order chi connectivity index (χ1) is 13.7. The summed E-state index contributed by atoms with van der Waals surface area (Å²) in [6.07, 6.45) is 3.12. The molecule has 1 aromatic carbocycles. The quantitative estimate of drug-likeness (QED) is 0.384. The molecule has 0 spiro atoms. The van der Waals surface area contributed by atoms with Gasteiger partial charge in [0.25, 0.3) is 0 Å². The Morgan fingerprint density at radius 2 is 1.97 bits per heavy atom. The molecule has 3 rings (SSSR count). The van der Waals surface area contributed by atoms with Gasteiger partial charge in [-0.25, -0.2) is 4.79 Å². The minimum atomic E-state index is -0.382. The number of hydrogen-bond donors (Lipinski definition) is 0. The summed E-state index contributed by atoms with van der Waals surface area (Å²) in [6.45, 7) is 10.8. The molecule has 29 heavy (non-hydrogen) atoms. The van der Waals surface area contributed by atoms with Crippen molar-refractivity contribution in [2.24, 2.45) is 17.3 Å². The van der Waals surface area contributed by atoms with E-state index >= 15 is 0 Å². The van der Waals surface area contributed by atoms with E-state index in [0.29, 0.717) is 24.4 Å². The largest absolute Gasteiger partial charge is 0.493 e. The normalized spacial score (nSPS) is 21.1. The van der Waals surface area contributed by atoms with Gasteiger partial charge in [-0.1, -0.05) is 39.3 Å². The summed E-state index contributed by atoms with van der Waals surface area (Å²) >= 11 is 0. The first-order valence-electron chi connectivity index (χ1n) is 10.2. The Bertz CT molecular complexity index is 967. The van der Waals surface area contributed by atoms with Gasteiger partial charge in [-0.15, -0.1) is 0 Å². The zero-order valence-electron chi connectivity index (χ0n) is 17.9. The fourth-order valence-electron chi connectivity index (χ4n) is 3.95. The summed E-state index contributed by atoms with van der Waals surface area (Å²) in [6, 6.07) is 8.63. The van der Waals surface area contributed by atoms with Gasteiger partial charge in [-0.2, -0.15) is 0 Å². The Hall–Kier alpha value is -2.56. The van der Waals surface area contributed by atoms with Gasteiger partial charge in [0, 0.05) is 41.7 Å². The minimum absolute atomic E-state index is 0.103. The van der Waals surface area contributed by atoms with E-state index in [1.807, 2.05) is 26.0 Å². The number of hydrogen-bond acceptors (Lipinski definition) is 5. The van der Waals surface area contributed by atoms with Crippen LogP contribution in [0.3, 0.4) is 0 Å². The van der Waals surface area contributed by atoms with Crippen LogP contribution in [0.1, 0.15) is 47.5 Å². The lowest BCUT2D eigenvalue weighted by molar-refractivity contribution is -0.159. The van der Waals surface area contributed by atoms with Crippen LogP contribution in [0.4, 0.5) is 0 Å². The molecule has 0 amide bonds. The second-order valence-corrected chi connectivity index (χ2v) is 8.90. The van der Waals surface area contributed by atoms with Crippen LogP contribution < -0.4 is 10.4 Å². The Kier molecular flexibility index (Phi) is 6.15. The van der Waals surface area contributed by atoms with Crippen LogP contribution in [-0.2, 0) is 9.53 Å². The van der Waals surface area contributed by atoms with Crippen LogP contribution >= 0.6 is 0 Å². The topological polar surface area (TPSA) is 65.7 Å². The van der Waals surface area contributed by atoms with Gasteiger partial charge < -0.3 is 13.9 Å². The van der Waals surface area contributed by atoms with Gasteiger partial charge in [0.1, 0.15) is 17.4 Å². The molecule has 1 aliphatic rings. The van der Waals surface area contributed by atoms with Crippen LogP contribution in [0.15, 0.2) is 51.2 Å². The standard InChI is InChI=1S/C24H30O5/c1-15(2)12-23(26)29-21-10-6-16(3)19(24(21,4)5)14-27-18-9-7-17-8-11-22(25)28-20(17)13-18/h6-9,11,13,15,19,21H,10,12,14H2,1-5H3/t19-,21+/m0/s1. The van der Waals surface area contributed by atoms with Crippen LogP contribution in [-0.4, -0.2) is 18.7 Å². The third-order valence-electron chi connectivity index (χ3n) is 5.79. The molecular formula is C24H30O5. The van der Waals surface area contributed by atoms with E-state index in [2.05, 4.69) is 26.8 Å². The van der Waals surface area contributed by atoms with Crippen molar-refractivity contribution >= 4 is 16.9 Å². The van der Waals surface area contributed by atoms with Crippen molar-refractivity contribution in [3.8, 4) is 5.75 Å². The molecule has 0 aliphatic heterocycles. The SMILES string of the molecule is CC1=CC[C@@H](OC(=O)CC(C)C)C(C)(C)[C@H]1COc1ccc2ccc(=O)oc2c1. The van der Waals surface area contributed by atoms with Crippen molar-refractivity contribution < 1.29 is 18.7 Å². The van der Waals surface area contributed by atoms with Gasteiger partial charge in [0.15, 0.2) is 0 Å². The molecular weight excluding hydrogens is 368 g/mol. The van der Waals surface area contributed by atoms with E-state index in [-0.39, 0.29) is 34.9 Å². The lowest BCUT2D eigenvalue weighted by Crippen LogP contribution is -2.45. The minimum Gasteiger partial charge on any atom is -0.493 e. The highest BCUT2D eigenvalue weighted by molar-refractivity contribution is 5.77. The van der Waals surface area contributed by atoms with Gasteiger partial charge in [-0.3, -0.25) is 4.79 Å². The summed E-state index contributed by atoms with van der Waals surface area (Å²) < 4.78 is 17.1.